The zero-order valence-electron chi connectivity index (χ0n) is 25.4. The maximum Gasteiger partial charge on any atom is 0.410 e. The molecule has 2 rings (SSSR count). The fraction of sp³-hybridized carbons (Fsp3) is 0.633. The monoisotopic (exact) mass is 528 g/mol. The molecule has 8 nitrogen and oxygen atoms in total. The van der Waals surface area contributed by atoms with Crippen LogP contribution in [0.2, 0.25) is 0 Å². The first-order valence-electron chi connectivity index (χ1n) is 13.6. The minimum Gasteiger partial charge on any atom is -0.444 e. The second-order valence-corrected chi connectivity index (χ2v) is 11.1. The average Bonchev–Trinajstić information content (AvgIpc) is 2.85. The molecule has 0 saturated heterocycles. The van der Waals surface area contributed by atoms with E-state index >= 15 is 0 Å². The Balaban J connectivity index is 0.00000229. The van der Waals surface area contributed by atoms with Gasteiger partial charge in [-0.15, -0.1) is 6.58 Å². The molecule has 1 unspecified atom stereocenters. The van der Waals surface area contributed by atoms with Crippen LogP contribution in [0.15, 0.2) is 47.9 Å². The maximum absolute atomic E-state index is 12.5. The van der Waals surface area contributed by atoms with Crippen molar-refractivity contribution in [3.63, 3.8) is 0 Å². The maximum atomic E-state index is 12.5. The molecule has 0 radical (unpaired) electrons. The van der Waals surface area contributed by atoms with E-state index in [9.17, 15) is 4.79 Å². The lowest BCUT2D eigenvalue weighted by Gasteiger charge is -2.34. The van der Waals surface area contributed by atoms with Crippen LogP contribution in [-0.4, -0.2) is 97.0 Å². The van der Waals surface area contributed by atoms with Gasteiger partial charge >= 0.3 is 6.09 Å². The molecule has 0 fully saturated rings. The smallest absolute Gasteiger partial charge is 0.410 e. The van der Waals surface area contributed by atoms with Crippen molar-refractivity contribution in [1.82, 2.24) is 24.6 Å². The highest BCUT2D eigenvalue weighted by Gasteiger charge is 2.26. The molecule has 1 aliphatic carbocycles. The Hall–Kier alpha value is -2.71. The Morgan fingerprint density at radius 1 is 1.29 bits per heavy atom. The molecule has 0 N–H and O–H groups in total. The highest BCUT2D eigenvalue weighted by Crippen LogP contribution is 2.32. The fourth-order valence-electron chi connectivity index (χ4n) is 4.61. The Kier molecular flexibility index (Phi) is 14.3. The van der Waals surface area contributed by atoms with Crippen LogP contribution >= 0.6 is 0 Å². The van der Waals surface area contributed by atoms with Gasteiger partial charge < -0.3 is 14.5 Å². The van der Waals surface area contributed by atoms with Crippen molar-refractivity contribution in [3.05, 3.63) is 54.1 Å². The topological polar surface area (TPSA) is 64.5 Å². The van der Waals surface area contributed by atoms with Gasteiger partial charge in [-0.2, -0.15) is 0 Å². The van der Waals surface area contributed by atoms with Crippen molar-refractivity contribution in [3.8, 4) is 0 Å². The molecular weight excluding hydrogens is 476 g/mol. The molecule has 0 saturated carbocycles. The number of fused-ring (bicyclic) bond motifs is 1. The van der Waals surface area contributed by atoms with Crippen molar-refractivity contribution in [2.75, 3.05) is 47.9 Å². The number of hydrogen-bond donors (Lipinski definition) is 0. The number of carbonyl (C=O) groups is 1. The van der Waals surface area contributed by atoms with Gasteiger partial charge in [-0.3, -0.25) is 19.8 Å². The summed E-state index contributed by atoms with van der Waals surface area (Å²) in [4.78, 5) is 29.8. The van der Waals surface area contributed by atoms with Gasteiger partial charge in [0.2, 0.25) is 0 Å². The lowest BCUT2D eigenvalue weighted by Crippen LogP contribution is -2.46. The van der Waals surface area contributed by atoms with Crippen LogP contribution in [0.4, 0.5) is 4.79 Å². The van der Waals surface area contributed by atoms with Crippen LogP contribution in [0, 0.1) is 0 Å². The minimum absolute atomic E-state index is 0.0641. The predicted octanol–water partition coefficient (Wildman–Crippen LogP) is 5.59. The quantitative estimate of drug-likeness (QED) is 0.212. The summed E-state index contributed by atoms with van der Waals surface area (Å²) in [5.41, 5.74) is 2.97. The molecule has 0 aromatic carbocycles. The van der Waals surface area contributed by atoms with E-state index in [1.54, 1.807) is 11.0 Å². The van der Waals surface area contributed by atoms with E-state index in [4.69, 9.17) is 4.74 Å². The summed E-state index contributed by atoms with van der Waals surface area (Å²) in [6.07, 6.45) is 9.64. The molecule has 1 heterocycles. The zero-order chi connectivity index (χ0) is 28.9. The third-order valence-electron chi connectivity index (χ3n) is 6.37. The standard InChI is InChI=1S/C27H46N6O2.C3H6/c1-10-23(33(9)26(34)35-27(2,3)4)19-31(7)20-30(6)17-22(28-5)18-32(8)24-15-11-13-21-14-12-16-29-25(21)24;1-3-2/h12,14,16-17,23-24H,5,10-11,13,15,18-20H2,1-4,6-9H3;3H,1H2,2H3/b22-17-;/t23?,24-;/m0./s1. The van der Waals surface area contributed by atoms with E-state index in [0.29, 0.717) is 19.3 Å². The first-order chi connectivity index (χ1) is 17.9. The lowest BCUT2D eigenvalue weighted by atomic mass is 9.91. The van der Waals surface area contributed by atoms with Crippen LogP contribution in [0.3, 0.4) is 0 Å². The van der Waals surface area contributed by atoms with Crippen molar-refractivity contribution < 1.29 is 9.53 Å². The molecule has 1 aliphatic rings. The number of pyridine rings is 1. The van der Waals surface area contributed by atoms with Crippen molar-refractivity contribution in [2.24, 2.45) is 4.99 Å². The van der Waals surface area contributed by atoms with Crippen LogP contribution in [0.25, 0.3) is 0 Å². The molecule has 0 bridgehead atoms. The third-order valence-corrected chi connectivity index (χ3v) is 6.37. The number of aliphatic imine (C=N–C) groups is 1. The van der Waals surface area contributed by atoms with Gasteiger partial charge in [-0.1, -0.05) is 19.1 Å². The normalized spacial score (nSPS) is 16.2. The van der Waals surface area contributed by atoms with E-state index < -0.39 is 5.60 Å². The van der Waals surface area contributed by atoms with Gasteiger partial charge in [0.25, 0.3) is 0 Å². The van der Waals surface area contributed by atoms with E-state index in [0.717, 1.165) is 31.5 Å². The largest absolute Gasteiger partial charge is 0.444 e. The summed E-state index contributed by atoms with van der Waals surface area (Å²) < 4.78 is 5.54. The summed E-state index contributed by atoms with van der Waals surface area (Å²) in [5, 5.41) is 0. The van der Waals surface area contributed by atoms with Gasteiger partial charge in [0.05, 0.1) is 24.1 Å². The van der Waals surface area contributed by atoms with Gasteiger partial charge in [0, 0.05) is 45.6 Å². The molecule has 1 aromatic rings. The number of rotatable bonds is 11. The number of ether oxygens (including phenoxy) is 1. The molecule has 0 spiro atoms. The van der Waals surface area contributed by atoms with E-state index in [-0.39, 0.29) is 12.1 Å². The van der Waals surface area contributed by atoms with Crippen molar-refractivity contribution >= 4 is 12.8 Å². The number of carbonyl (C=O) groups excluding carboxylic acids is 1. The fourth-order valence-corrected chi connectivity index (χ4v) is 4.61. The second-order valence-electron chi connectivity index (χ2n) is 11.1. The lowest BCUT2D eigenvalue weighted by molar-refractivity contribution is 0.0180. The Bertz CT molecular complexity index is 910. The van der Waals surface area contributed by atoms with Crippen LogP contribution < -0.4 is 0 Å². The van der Waals surface area contributed by atoms with Gasteiger partial charge in [0.15, 0.2) is 0 Å². The predicted molar refractivity (Wildman–Crippen MR) is 159 cm³/mol. The molecular formula is C30H52N6O2. The number of amides is 1. The zero-order valence-corrected chi connectivity index (χ0v) is 25.4. The highest BCUT2D eigenvalue weighted by molar-refractivity contribution is 5.68. The minimum atomic E-state index is -0.502. The van der Waals surface area contributed by atoms with Gasteiger partial charge in [-0.25, -0.2) is 4.79 Å². The molecule has 214 valence electrons. The van der Waals surface area contributed by atoms with Gasteiger partial charge in [-0.05, 0) is 85.8 Å². The summed E-state index contributed by atoms with van der Waals surface area (Å²) in [5.74, 6) is 0. The number of aryl methyl sites for hydroxylation is 1. The highest BCUT2D eigenvalue weighted by atomic mass is 16.6. The van der Waals surface area contributed by atoms with E-state index in [1.807, 2.05) is 54.1 Å². The van der Waals surface area contributed by atoms with Crippen LogP contribution in [0.1, 0.15) is 71.2 Å². The first kappa shape index (κ1) is 33.3. The Morgan fingerprint density at radius 3 is 2.53 bits per heavy atom. The summed E-state index contributed by atoms with van der Waals surface area (Å²) in [7, 11) is 8.05. The molecule has 8 heteroatoms. The number of allylic oxidation sites excluding steroid dienone is 1. The molecule has 0 aliphatic heterocycles. The molecule has 1 aromatic heterocycles. The second kappa shape index (κ2) is 16.3. The number of likely N-dealkylation sites (N-methyl/N-ethyl adjacent to an activating group) is 3. The molecule has 2 atom stereocenters. The summed E-state index contributed by atoms with van der Waals surface area (Å²) in [6.45, 7) is 19.0. The first-order valence-corrected chi connectivity index (χ1v) is 13.6. The van der Waals surface area contributed by atoms with Crippen molar-refractivity contribution in [2.45, 2.75) is 78.0 Å². The third kappa shape index (κ3) is 11.4. The molecule has 1 amide bonds. The Labute approximate surface area is 232 Å². The summed E-state index contributed by atoms with van der Waals surface area (Å²) >= 11 is 0. The number of aromatic nitrogens is 1. The van der Waals surface area contributed by atoms with Crippen molar-refractivity contribution in [1.29, 1.82) is 0 Å². The van der Waals surface area contributed by atoms with Crippen LogP contribution in [0.5, 0.6) is 0 Å². The summed E-state index contributed by atoms with van der Waals surface area (Å²) in [6, 6.07) is 4.58. The SMILES string of the molecule is C=CC.C=N/C(=C\N(C)CN(C)CC(CC)N(C)C(=O)OC(C)(C)C)CN(C)[C@H]1CCCc2cccnc21. The van der Waals surface area contributed by atoms with Gasteiger partial charge in [0.1, 0.15) is 5.60 Å². The van der Waals surface area contributed by atoms with E-state index in [2.05, 4.69) is 71.3 Å². The Morgan fingerprint density at radius 2 is 1.95 bits per heavy atom. The number of hydrogen-bond acceptors (Lipinski definition) is 7. The number of nitrogens with zero attached hydrogens (tertiary/aromatic N) is 6. The van der Waals surface area contributed by atoms with E-state index in [1.165, 1.54) is 17.7 Å². The molecule has 38 heavy (non-hydrogen) atoms. The average molecular weight is 529 g/mol. The van der Waals surface area contributed by atoms with Crippen LogP contribution in [-0.2, 0) is 11.2 Å².